The molecule has 0 saturated heterocycles. The molecule has 1 aliphatic rings. The number of nitrogens with zero attached hydrogens (tertiary/aromatic N) is 1. The zero-order valence-electron chi connectivity index (χ0n) is 11.4. The Hall–Kier alpha value is -1.06. The van der Waals surface area contributed by atoms with E-state index in [1.54, 1.807) is 0 Å². The lowest BCUT2D eigenvalue weighted by molar-refractivity contribution is -0.106. The van der Waals surface area contributed by atoms with E-state index in [2.05, 4.69) is 14.3 Å². The summed E-state index contributed by atoms with van der Waals surface area (Å²) in [6, 6.07) is 0. The third-order valence-electron chi connectivity index (χ3n) is 1.75. The van der Waals surface area contributed by atoms with Crippen LogP contribution in [0.25, 0.3) is 0 Å². The maximum absolute atomic E-state index is 12.3. The Kier molecular flexibility index (Phi) is 7.12. The van der Waals surface area contributed by atoms with Crippen LogP contribution in [0.15, 0.2) is 14.3 Å². The molecular weight excluding hydrogens is 418 g/mol. The van der Waals surface area contributed by atoms with Crippen LogP contribution >= 0.6 is 11.6 Å². The number of rotatable bonds is 2. The van der Waals surface area contributed by atoms with E-state index in [9.17, 15) is 43.2 Å². The van der Waals surface area contributed by atoms with E-state index in [0.29, 0.717) is 0 Å². The van der Waals surface area contributed by atoms with E-state index >= 15 is 0 Å². The zero-order valence-corrected chi connectivity index (χ0v) is 13.8. The van der Waals surface area contributed by atoms with Gasteiger partial charge in [0, 0.05) is 0 Å². The maximum atomic E-state index is 12.3. The van der Waals surface area contributed by atoms with Gasteiger partial charge in [-0.1, -0.05) is 11.6 Å². The molecule has 0 aromatic heterocycles. The standard InChI is InChI=1S/C6H5ClF3NO3S.C2H4F3NO2S/c1-2-14-5-3(7)4(6(8,9)10)15(12,13)11-5;3-2(4,5)1-9(6,7)8/h2H2,1H3;1H2,(H2,6,7,8). The quantitative estimate of drug-likeness (QED) is 0.673. The summed E-state index contributed by atoms with van der Waals surface area (Å²) in [5.74, 6) is -2.67. The molecule has 0 aromatic rings. The number of hydrogen-bond acceptors (Lipinski definition) is 5. The highest BCUT2D eigenvalue weighted by molar-refractivity contribution is 7.94. The van der Waals surface area contributed by atoms with E-state index in [4.69, 9.17) is 11.6 Å². The summed E-state index contributed by atoms with van der Waals surface area (Å²) < 4.78 is 119. The topological polar surface area (TPSA) is 116 Å². The second-order valence-corrected chi connectivity index (χ2v) is 7.40. The smallest absolute Gasteiger partial charge is 0.430 e. The molecule has 0 spiro atoms. The summed E-state index contributed by atoms with van der Waals surface area (Å²) in [5, 5.41) is 3.05. The van der Waals surface area contributed by atoms with Crippen molar-refractivity contribution in [2.75, 3.05) is 12.4 Å². The molecule has 0 amide bonds. The number of ether oxygens (including phenoxy) is 1. The monoisotopic (exact) mass is 426 g/mol. The van der Waals surface area contributed by atoms with Crippen LogP contribution in [0.2, 0.25) is 0 Å². The predicted octanol–water partition coefficient (Wildman–Crippen LogP) is 1.61. The Morgan fingerprint density at radius 2 is 1.67 bits per heavy atom. The van der Waals surface area contributed by atoms with Gasteiger partial charge in [0.15, 0.2) is 10.7 Å². The van der Waals surface area contributed by atoms with E-state index < -0.39 is 54.0 Å². The fourth-order valence-electron chi connectivity index (χ4n) is 1.13. The van der Waals surface area contributed by atoms with Gasteiger partial charge >= 0.3 is 12.4 Å². The van der Waals surface area contributed by atoms with Crippen LogP contribution in [0.5, 0.6) is 0 Å². The largest absolute Gasteiger partial charge is 0.476 e. The van der Waals surface area contributed by atoms with E-state index in [1.165, 1.54) is 6.92 Å². The molecular formula is C8H9ClF6N2O5S2. The van der Waals surface area contributed by atoms with Crippen molar-refractivity contribution in [3.63, 3.8) is 0 Å². The van der Waals surface area contributed by atoms with Crippen molar-refractivity contribution in [1.82, 2.24) is 0 Å². The van der Waals surface area contributed by atoms with Crippen molar-refractivity contribution in [3.05, 3.63) is 9.94 Å². The maximum Gasteiger partial charge on any atom is 0.430 e. The first-order valence-electron chi connectivity index (χ1n) is 5.43. The van der Waals surface area contributed by atoms with Crippen LogP contribution in [0.3, 0.4) is 0 Å². The van der Waals surface area contributed by atoms with E-state index in [-0.39, 0.29) is 6.61 Å². The molecule has 1 rings (SSSR count). The van der Waals surface area contributed by atoms with Gasteiger partial charge in [-0.25, -0.2) is 13.6 Å². The molecule has 0 unspecified atom stereocenters. The molecule has 0 atom stereocenters. The van der Waals surface area contributed by atoms with Gasteiger partial charge in [0.1, 0.15) is 5.03 Å². The minimum atomic E-state index is -5.07. The lowest BCUT2D eigenvalue weighted by Crippen LogP contribution is -2.28. The number of halogens is 7. The van der Waals surface area contributed by atoms with Crippen molar-refractivity contribution in [2.45, 2.75) is 19.3 Å². The molecule has 1 aliphatic heterocycles. The van der Waals surface area contributed by atoms with Crippen LogP contribution < -0.4 is 5.14 Å². The van der Waals surface area contributed by atoms with Crippen LogP contribution in [0.1, 0.15) is 6.92 Å². The molecule has 2 N–H and O–H groups in total. The molecule has 0 aliphatic carbocycles. The highest BCUT2D eigenvalue weighted by atomic mass is 35.5. The Balaban J connectivity index is 0.000000506. The third kappa shape index (κ3) is 7.67. The number of hydrogen-bond donors (Lipinski definition) is 1. The highest BCUT2D eigenvalue weighted by Gasteiger charge is 2.50. The molecule has 16 heteroatoms. The summed E-state index contributed by atoms with van der Waals surface area (Å²) >= 11 is 5.22. The van der Waals surface area contributed by atoms with Crippen molar-refractivity contribution in [1.29, 1.82) is 0 Å². The number of nitrogens with two attached hydrogens (primary N) is 1. The second kappa shape index (κ2) is 7.45. The second-order valence-electron chi connectivity index (χ2n) is 3.87. The predicted molar refractivity (Wildman–Crippen MR) is 70.9 cm³/mol. The van der Waals surface area contributed by atoms with Gasteiger partial charge in [-0.05, 0) is 6.92 Å². The molecule has 1 heterocycles. The average molecular weight is 427 g/mol. The minimum absolute atomic E-state index is 0.0320. The Bertz CT molecular complexity index is 738. The van der Waals surface area contributed by atoms with Gasteiger partial charge < -0.3 is 4.74 Å². The number of allylic oxidation sites excluding steroid dienone is 1. The lowest BCUT2D eigenvalue weighted by Gasteiger charge is -2.05. The van der Waals surface area contributed by atoms with Crippen molar-refractivity contribution in [2.24, 2.45) is 9.54 Å². The summed E-state index contributed by atoms with van der Waals surface area (Å²) in [6.45, 7) is 1.43. The van der Waals surface area contributed by atoms with Crippen LogP contribution in [0.4, 0.5) is 26.3 Å². The Morgan fingerprint density at radius 1 is 1.21 bits per heavy atom. The van der Waals surface area contributed by atoms with Gasteiger partial charge in [0.2, 0.25) is 15.9 Å². The summed E-state index contributed by atoms with van der Waals surface area (Å²) in [6.07, 6.45) is -9.80. The first-order chi connectivity index (χ1) is 10.4. The molecule has 24 heavy (non-hydrogen) atoms. The van der Waals surface area contributed by atoms with Gasteiger partial charge in [0.25, 0.3) is 10.0 Å². The molecule has 142 valence electrons. The summed E-state index contributed by atoms with van der Waals surface area (Å²) in [7, 11) is -9.19. The van der Waals surface area contributed by atoms with Crippen molar-refractivity contribution < 1.29 is 47.9 Å². The van der Waals surface area contributed by atoms with Gasteiger partial charge in [-0.15, -0.1) is 4.40 Å². The van der Waals surface area contributed by atoms with Gasteiger partial charge in [0.05, 0.1) is 6.61 Å². The van der Waals surface area contributed by atoms with Crippen LogP contribution in [-0.2, 0) is 24.8 Å². The lowest BCUT2D eigenvalue weighted by atomic mass is 10.4. The third-order valence-corrected chi connectivity index (χ3v) is 4.30. The molecule has 0 saturated carbocycles. The fourth-order valence-corrected chi connectivity index (χ4v) is 3.19. The highest BCUT2D eigenvalue weighted by Crippen LogP contribution is 2.39. The number of sulfonamides is 2. The first kappa shape index (κ1) is 22.9. The van der Waals surface area contributed by atoms with E-state index in [0.717, 1.165) is 0 Å². The van der Waals surface area contributed by atoms with E-state index in [1.807, 2.05) is 0 Å². The van der Waals surface area contributed by atoms with Gasteiger partial charge in [-0.2, -0.15) is 34.8 Å². The van der Waals surface area contributed by atoms with Crippen molar-refractivity contribution >= 4 is 37.5 Å². The number of primary sulfonamides is 1. The van der Waals surface area contributed by atoms with Gasteiger partial charge in [-0.3, -0.25) is 0 Å². The average Bonchev–Trinajstić information content (AvgIpc) is 2.43. The van der Waals surface area contributed by atoms with Crippen molar-refractivity contribution in [3.8, 4) is 0 Å². The molecule has 0 bridgehead atoms. The zero-order chi connectivity index (χ0) is 19.6. The summed E-state index contributed by atoms with van der Waals surface area (Å²) in [4.78, 5) is -1.87. The number of alkyl halides is 6. The first-order valence-corrected chi connectivity index (χ1v) is 8.96. The SMILES string of the molecule is CCOC1=NS(=O)(=O)C(C(F)(F)F)=C1Cl.NS(=O)(=O)CC(F)(F)F. The minimum Gasteiger partial charge on any atom is -0.476 e. The Morgan fingerprint density at radius 3 is 1.88 bits per heavy atom. The molecule has 0 fully saturated rings. The molecule has 0 aromatic carbocycles. The summed E-state index contributed by atoms with van der Waals surface area (Å²) in [5.41, 5.74) is 0. The Labute approximate surface area is 137 Å². The molecule has 7 nitrogen and oxygen atoms in total. The van der Waals surface area contributed by atoms with Crippen LogP contribution in [-0.4, -0.2) is 47.4 Å². The fraction of sp³-hybridized carbons (Fsp3) is 0.625. The molecule has 0 radical (unpaired) electrons. The normalized spacial score (nSPS) is 18.0. The van der Waals surface area contributed by atoms with Crippen LogP contribution in [0, 0.1) is 0 Å².